The fourth-order valence-electron chi connectivity index (χ4n) is 0.660. The minimum atomic E-state index is -4.98. The third-order valence-corrected chi connectivity index (χ3v) is 1.22. The predicted molar refractivity (Wildman–Crippen MR) is 34.0 cm³/mol. The van der Waals surface area contributed by atoms with Gasteiger partial charge in [-0.05, 0) is 0 Å². The maximum absolute atomic E-state index is 12.5. The van der Waals surface area contributed by atoms with E-state index in [-0.39, 0.29) is 0 Å². The number of carboxylic acid groups (broad SMARTS) is 1. The van der Waals surface area contributed by atoms with E-state index in [0.717, 1.165) is 0 Å². The second kappa shape index (κ2) is 3.20. The van der Waals surface area contributed by atoms with Crippen molar-refractivity contribution in [3.05, 3.63) is 23.5 Å². The molecular weight excluding hydrogens is 208 g/mol. The van der Waals surface area contributed by atoms with Crippen molar-refractivity contribution in [3.63, 3.8) is 0 Å². The monoisotopic (exact) mass is 210 g/mol. The average molecular weight is 210 g/mol. The van der Waals surface area contributed by atoms with Gasteiger partial charge in [-0.2, -0.15) is 17.6 Å². The highest BCUT2D eigenvalue weighted by atomic mass is 19.4. The smallest absolute Gasteiger partial charge is 0.437 e. The maximum Gasteiger partial charge on any atom is 0.437 e. The lowest BCUT2D eigenvalue weighted by Gasteiger charge is -2.05. The SMILES string of the molecule is O=C(O)c1cnc(C(F)(F)F)c(F)n1. The Morgan fingerprint density at radius 3 is 2.36 bits per heavy atom. The Labute approximate surface area is 74.2 Å². The molecule has 0 aliphatic carbocycles. The zero-order chi connectivity index (χ0) is 10.9. The zero-order valence-electron chi connectivity index (χ0n) is 6.34. The van der Waals surface area contributed by atoms with Gasteiger partial charge in [0.15, 0.2) is 11.4 Å². The molecule has 0 bridgehead atoms. The van der Waals surface area contributed by atoms with Gasteiger partial charge in [0, 0.05) is 0 Å². The van der Waals surface area contributed by atoms with E-state index in [0.29, 0.717) is 6.20 Å². The Hall–Kier alpha value is -1.73. The standard InChI is InChI=1S/C6H2F4N2O2/c7-4-3(6(8,9)10)11-1-2(12-4)5(13)14/h1H,(H,13,14). The quantitative estimate of drug-likeness (QED) is 0.710. The first-order valence-corrected chi connectivity index (χ1v) is 3.15. The van der Waals surface area contributed by atoms with Crippen molar-refractivity contribution in [2.24, 2.45) is 0 Å². The summed E-state index contributed by atoms with van der Waals surface area (Å²) in [5.74, 6) is -3.59. The van der Waals surface area contributed by atoms with Crippen LogP contribution in [0.25, 0.3) is 0 Å². The lowest BCUT2D eigenvalue weighted by Crippen LogP contribution is -2.15. The lowest BCUT2D eigenvalue weighted by molar-refractivity contribution is -0.144. The van der Waals surface area contributed by atoms with Crippen molar-refractivity contribution in [2.75, 3.05) is 0 Å². The molecule has 1 heterocycles. The van der Waals surface area contributed by atoms with Crippen molar-refractivity contribution >= 4 is 5.97 Å². The highest BCUT2D eigenvalue weighted by Crippen LogP contribution is 2.28. The van der Waals surface area contributed by atoms with Gasteiger partial charge in [-0.25, -0.2) is 14.8 Å². The molecule has 0 saturated heterocycles. The Morgan fingerprint density at radius 1 is 1.43 bits per heavy atom. The van der Waals surface area contributed by atoms with E-state index >= 15 is 0 Å². The molecule has 14 heavy (non-hydrogen) atoms. The van der Waals surface area contributed by atoms with Crippen molar-refractivity contribution in [1.29, 1.82) is 0 Å². The van der Waals surface area contributed by atoms with E-state index in [9.17, 15) is 22.4 Å². The maximum atomic E-state index is 12.5. The van der Waals surface area contributed by atoms with Crippen molar-refractivity contribution in [1.82, 2.24) is 9.97 Å². The van der Waals surface area contributed by atoms with Crippen LogP contribution in [0.3, 0.4) is 0 Å². The minimum Gasteiger partial charge on any atom is -0.476 e. The molecule has 0 radical (unpaired) electrons. The third-order valence-electron chi connectivity index (χ3n) is 1.22. The Bertz CT molecular complexity index is 377. The van der Waals surface area contributed by atoms with Gasteiger partial charge in [-0.3, -0.25) is 0 Å². The summed E-state index contributed by atoms with van der Waals surface area (Å²) in [6.45, 7) is 0. The number of carbonyl (C=O) groups is 1. The van der Waals surface area contributed by atoms with Crippen LogP contribution in [0.5, 0.6) is 0 Å². The summed E-state index contributed by atoms with van der Waals surface area (Å²) >= 11 is 0. The normalized spacial score (nSPS) is 11.4. The Morgan fingerprint density at radius 2 is 2.00 bits per heavy atom. The largest absolute Gasteiger partial charge is 0.476 e. The van der Waals surface area contributed by atoms with E-state index in [4.69, 9.17) is 5.11 Å². The fourth-order valence-corrected chi connectivity index (χ4v) is 0.660. The second-order valence-corrected chi connectivity index (χ2v) is 2.20. The van der Waals surface area contributed by atoms with Gasteiger partial charge in [-0.1, -0.05) is 0 Å². The summed E-state index contributed by atoms with van der Waals surface area (Å²) < 4.78 is 48.2. The molecule has 0 aliphatic rings. The molecule has 1 aromatic heterocycles. The first-order valence-electron chi connectivity index (χ1n) is 3.15. The number of carboxylic acids is 1. The Kier molecular flexibility index (Phi) is 2.37. The molecule has 0 unspecified atom stereocenters. The molecule has 1 rings (SSSR count). The number of nitrogens with zero attached hydrogens (tertiary/aromatic N) is 2. The van der Waals surface area contributed by atoms with Crippen LogP contribution < -0.4 is 0 Å². The summed E-state index contributed by atoms with van der Waals surface area (Å²) in [5, 5.41) is 8.25. The number of aromatic nitrogens is 2. The van der Waals surface area contributed by atoms with E-state index in [1.165, 1.54) is 0 Å². The molecule has 4 nitrogen and oxygen atoms in total. The van der Waals surface area contributed by atoms with Crippen LogP contribution in [0.2, 0.25) is 0 Å². The lowest BCUT2D eigenvalue weighted by atomic mass is 10.4. The number of hydrogen-bond acceptors (Lipinski definition) is 3. The third kappa shape index (κ3) is 1.95. The van der Waals surface area contributed by atoms with Crippen LogP contribution in [-0.4, -0.2) is 21.0 Å². The van der Waals surface area contributed by atoms with Gasteiger partial charge in [-0.15, -0.1) is 0 Å². The van der Waals surface area contributed by atoms with E-state index in [2.05, 4.69) is 9.97 Å². The van der Waals surface area contributed by atoms with Crippen LogP contribution in [0.4, 0.5) is 17.6 Å². The highest BCUT2D eigenvalue weighted by molar-refractivity contribution is 5.84. The summed E-state index contributed by atoms with van der Waals surface area (Å²) in [5.41, 5.74) is -2.71. The molecule has 0 aliphatic heterocycles. The zero-order valence-corrected chi connectivity index (χ0v) is 6.34. The molecule has 8 heteroatoms. The van der Waals surface area contributed by atoms with Crippen molar-refractivity contribution < 1.29 is 27.5 Å². The molecule has 0 saturated carbocycles. The van der Waals surface area contributed by atoms with Gasteiger partial charge in [0.05, 0.1) is 6.20 Å². The molecule has 0 aromatic carbocycles. The first-order chi connectivity index (χ1) is 6.32. The number of hydrogen-bond donors (Lipinski definition) is 1. The van der Waals surface area contributed by atoms with Crippen LogP contribution in [-0.2, 0) is 6.18 Å². The minimum absolute atomic E-state index is 0.342. The highest BCUT2D eigenvalue weighted by Gasteiger charge is 2.37. The van der Waals surface area contributed by atoms with Gasteiger partial charge >= 0.3 is 12.1 Å². The molecule has 0 spiro atoms. The van der Waals surface area contributed by atoms with Crippen molar-refractivity contribution in [2.45, 2.75) is 6.18 Å². The van der Waals surface area contributed by atoms with Crippen molar-refractivity contribution in [3.8, 4) is 0 Å². The molecule has 1 aromatic rings. The number of rotatable bonds is 1. The molecule has 1 N–H and O–H groups in total. The summed E-state index contributed by atoms with van der Waals surface area (Å²) in [6.07, 6.45) is -4.64. The number of alkyl halides is 3. The van der Waals surface area contributed by atoms with Crippen LogP contribution in [0.1, 0.15) is 16.2 Å². The van der Waals surface area contributed by atoms with Gasteiger partial charge < -0.3 is 5.11 Å². The van der Waals surface area contributed by atoms with E-state index in [1.807, 2.05) is 0 Å². The van der Waals surface area contributed by atoms with Gasteiger partial charge in [0.1, 0.15) is 0 Å². The Balaban J connectivity index is 3.21. The van der Waals surface area contributed by atoms with E-state index < -0.39 is 29.5 Å². The second-order valence-electron chi connectivity index (χ2n) is 2.20. The van der Waals surface area contributed by atoms with Crippen LogP contribution >= 0.6 is 0 Å². The molecule has 0 atom stereocenters. The molecule has 0 fully saturated rings. The van der Waals surface area contributed by atoms with Crippen LogP contribution in [0, 0.1) is 5.95 Å². The average Bonchev–Trinajstić information content (AvgIpc) is 2.01. The first kappa shape index (κ1) is 10.4. The molecular formula is C6H2F4N2O2. The molecule has 76 valence electrons. The van der Waals surface area contributed by atoms with Gasteiger partial charge in [0.25, 0.3) is 0 Å². The summed E-state index contributed by atoms with van der Waals surface area (Å²) in [7, 11) is 0. The topological polar surface area (TPSA) is 63.1 Å². The van der Waals surface area contributed by atoms with Gasteiger partial charge in [0.2, 0.25) is 5.95 Å². The van der Waals surface area contributed by atoms with Crippen LogP contribution in [0.15, 0.2) is 6.20 Å². The summed E-state index contributed by atoms with van der Waals surface area (Å²) in [6, 6.07) is 0. The summed E-state index contributed by atoms with van der Waals surface area (Å²) in [4.78, 5) is 15.4. The fraction of sp³-hybridized carbons (Fsp3) is 0.167. The van der Waals surface area contributed by atoms with E-state index in [1.54, 1.807) is 0 Å². The molecule has 0 amide bonds. The predicted octanol–water partition coefficient (Wildman–Crippen LogP) is 1.33. The number of aromatic carboxylic acids is 1. The number of halogens is 4.